The van der Waals surface area contributed by atoms with Crippen molar-refractivity contribution < 1.29 is 9.53 Å². The van der Waals surface area contributed by atoms with Crippen LogP contribution >= 0.6 is 0 Å². The monoisotopic (exact) mass is 348 g/mol. The van der Waals surface area contributed by atoms with Crippen LogP contribution in [0, 0.1) is 0 Å². The van der Waals surface area contributed by atoms with Gasteiger partial charge in [-0.05, 0) is 42.8 Å². The topological polar surface area (TPSA) is 76.1 Å². The first-order valence-electron chi connectivity index (χ1n) is 8.47. The molecule has 1 aromatic heterocycles. The molecule has 0 bridgehead atoms. The molecular formula is C20H20N4O2. The number of benzene rings is 2. The van der Waals surface area contributed by atoms with E-state index in [9.17, 15) is 4.79 Å². The summed E-state index contributed by atoms with van der Waals surface area (Å²) in [6.45, 7) is 2.88. The van der Waals surface area contributed by atoms with Crippen LogP contribution in [0.3, 0.4) is 0 Å². The van der Waals surface area contributed by atoms with Gasteiger partial charge in [0, 0.05) is 6.54 Å². The van der Waals surface area contributed by atoms with E-state index in [1.54, 1.807) is 24.3 Å². The Morgan fingerprint density at radius 3 is 2.46 bits per heavy atom. The number of carbonyl (C=O) groups excluding carboxylic acids is 1. The zero-order valence-electron chi connectivity index (χ0n) is 14.5. The normalized spacial score (nSPS) is 10.2. The van der Waals surface area contributed by atoms with Gasteiger partial charge >= 0.3 is 0 Å². The quantitative estimate of drug-likeness (QED) is 0.664. The van der Waals surface area contributed by atoms with Crippen molar-refractivity contribution in [2.45, 2.75) is 13.3 Å². The molecule has 0 aliphatic heterocycles. The number of nitrogens with one attached hydrogen (secondary N) is 2. The molecule has 132 valence electrons. The molecule has 6 nitrogen and oxygen atoms in total. The highest BCUT2D eigenvalue weighted by molar-refractivity contribution is 6.03. The molecule has 6 heteroatoms. The summed E-state index contributed by atoms with van der Waals surface area (Å²) in [4.78, 5) is 12.5. The van der Waals surface area contributed by atoms with E-state index >= 15 is 0 Å². The molecule has 1 heterocycles. The molecule has 0 saturated heterocycles. The largest absolute Gasteiger partial charge is 0.455 e. The molecule has 2 aromatic carbocycles. The maximum absolute atomic E-state index is 12.5. The second-order valence-electron chi connectivity index (χ2n) is 5.60. The maximum atomic E-state index is 12.5. The minimum Gasteiger partial charge on any atom is -0.455 e. The lowest BCUT2D eigenvalue weighted by Crippen LogP contribution is -2.15. The molecule has 0 radical (unpaired) electrons. The van der Waals surface area contributed by atoms with Crippen molar-refractivity contribution in [3.05, 3.63) is 72.4 Å². The van der Waals surface area contributed by atoms with E-state index in [1.807, 2.05) is 42.5 Å². The Kier molecular flexibility index (Phi) is 5.77. The summed E-state index contributed by atoms with van der Waals surface area (Å²) in [7, 11) is 0. The van der Waals surface area contributed by atoms with Gasteiger partial charge in [-0.15, -0.1) is 10.2 Å². The Morgan fingerprint density at radius 2 is 1.73 bits per heavy atom. The third-order valence-electron chi connectivity index (χ3n) is 3.56. The van der Waals surface area contributed by atoms with Crippen LogP contribution in [0.1, 0.15) is 23.8 Å². The second kappa shape index (κ2) is 8.62. The van der Waals surface area contributed by atoms with Gasteiger partial charge in [0.15, 0.2) is 11.4 Å². The summed E-state index contributed by atoms with van der Waals surface area (Å²) in [5.41, 5.74) is 0.804. The Hall–Kier alpha value is -3.41. The number of ether oxygens (including phenoxy) is 1. The Morgan fingerprint density at radius 1 is 0.962 bits per heavy atom. The standard InChI is InChI=1S/C20H20N4O2/c1-2-14-21-19-13-12-17(23-24-19)20(25)22-16-10-6-7-11-18(16)26-15-8-4-3-5-9-15/h3-13H,2,14H2,1H3,(H,21,24)(H,22,25). The molecule has 0 fully saturated rings. The van der Waals surface area contributed by atoms with E-state index in [4.69, 9.17) is 4.74 Å². The third-order valence-corrected chi connectivity index (χ3v) is 3.56. The van der Waals surface area contributed by atoms with Crippen LogP contribution in [-0.2, 0) is 0 Å². The Labute approximate surface area is 152 Å². The van der Waals surface area contributed by atoms with E-state index in [0.29, 0.717) is 23.0 Å². The highest BCUT2D eigenvalue weighted by Crippen LogP contribution is 2.29. The lowest BCUT2D eigenvalue weighted by atomic mass is 10.2. The number of para-hydroxylation sites is 3. The van der Waals surface area contributed by atoms with Crippen molar-refractivity contribution in [1.29, 1.82) is 0 Å². The zero-order valence-corrected chi connectivity index (χ0v) is 14.5. The molecule has 3 aromatic rings. The Balaban J connectivity index is 1.71. The van der Waals surface area contributed by atoms with Crippen LogP contribution in [0.2, 0.25) is 0 Å². The van der Waals surface area contributed by atoms with Crippen LogP contribution in [0.4, 0.5) is 11.5 Å². The van der Waals surface area contributed by atoms with Crippen molar-refractivity contribution in [3.8, 4) is 11.5 Å². The van der Waals surface area contributed by atoms with E-state index < -0.39 is 0 Å². The highest BCUT2D eigenvalue weighted by Gasteiger charge is 2.12. The summed E-state index contributed by atoms with van der Waals surface area (Å²) in [5, 5.41) is 13.9. The van der Waals surface area contributed by atoms with Gasteiger partial charge in [-0.25, -0.2) is 0 Å². The number of anilines is 2. The molecular weight excluding hydrogens is 328 g/mol. The average Bonchev–Trinajstić information content (AvgIpc) is 2.69. The second-order valence-corrected chi connectivity index (χ2v) is 5.60. The molecule has 0 saturated carbocycles. The van der Waals surface area contributed by atoms with Gasteiger partial charge in [-0.2, -0.15) is 0 Å². The SMILES string of the molecule is CCCNc1ccc(C(=O)Nc2ccccc2Oc2ccccc2)nn1. The molecule has 3 rings (SSSR count). The van der Waals surface area contributed by atoms with Gasteiger partial charge in [0.05, 0.1) is 5.69 Å². The minimum absolute atomic E-state index is 0.238. The van der Waals surface area contributed by atoms with E-state index in [2.05, 4.69) is 27.8 Å². The van der Waals surface area contributed by atoms with Gasteiger partial charge in [0.25, 0.3) is 5.91 Å². The molecule has 0 aliphatic rings. The molecule has 26 heavy (non-hydrogen) atoms. The van der Waals surface area contributed by atoms with Gasteiger partial charge in [-0.1, -0.05) is 37.3 Å². The summed E-state index contributed by atoms with van der Waals surface area (Å²) in [6, 6.07) is 20.0. The predicted molar refractivity (Wildman–Crippen MR) is 102 cm³/mol. The number of nitrogens with zero attached hydrogens (tertiary/aromatic N) is 2. The molecule has 2 N–H and O–H groups in total. The van der Waals surface area contributed by atoms with Gasteiger partial charge < -0.3 is 15.4 Å². The van der Waals surface area contributed by atoms with E-state index in [1.165, 1.54) is 0 Å². The number of hydrogen-bond acceptors (Lipinski definition) is 5. The number of carbonyl (C=O) groups is 1. The fourth-order valence-electron chi connectivity index (χ4n) is 2.26. The minimum atomic E-state index is -0.344. The number of aromatic nitrogens is 2. The van der Waals surface area contributed by atoms with Gasteiger partial charge in [0.1, 0.15) is 11.6 Å². The maximum Gasteiger partial charge on any atom is 0.276 e. The fraction of sp³-hybridized carbons (Fsp3) is 0.150. The van der Waals surface area contributed by atoms with E-state index in [-0.39, 0.29) is 11.6 Å². The molecule has 0 unspecified atom stereocenters. The summed E-state index contributed by atoms with van der Waals surface area (Å²) >= 11 is 0. The molecule has 0 aliphatic carbocycles. The number of amides is 1. The van der Waals surface area contributed by atoms with Crippen molar-refractivity contribution in [2.24, 2.45) is 0 Å². The predicted octanol–water partition coefficient (Wildman–Crippen LogP) is 4.34. The smallest absolute Gasteiger partial charge is 0.276 e. The van der Waals surface area contributed by atoms with E-state index in [0.717, 1.165) is 13.0 Å². The first-order chi connectivity index (χ1) is 12.8. The summed E-state index contributed by atoms with van der Waals surface area (Å²) < 4.78 is 5.85. The first-order valence-corrected chi connectivity index (χ1v) is 8.47. The average molecular weight is 348 g/mol. The first kappa shape index (κ1) is 17.4. The van der Waals surface area contributed by atoms with Crippen LogP contribution in [0.25, 0.3) is 0 Å². The summed E-state index contributed by atoms with van der Waals surface area (Å²) in [5.74, 6) is 1.56. The summed E-state index contributed by atoms with van der Waals surface area (Å²) in [6.07, 6.45) is 0.988. The van der Waals surface area contributed by atoms with Crippen molar-refractivity contribution >= 4 is 17.4 Å². The fourth-order valence-corrected chi connectivity index (χ4v) is 2.26. The number of rotatable bonds is 7. The lowest BCUT2D eigenvalue weighted by molar-refractivity contribution is 0.102. The van der Waals surface area contributed by atoms with Crippen molar-refractivity contribution in [1.82, 2.24) is 10.2 Å². The molecule has 0 spiro atoms. The molecule has 0 atom stereocenters. The highest BCUT2D eigenvalue weighted by atomic mass is 16.5. The van der Waals surface area contributed by atoms with Crippen molar-refractivity contribution in [3.63, 3.8) is 0 Å². The third kappa shape index (κ3) is 4.57. The Bertz CT molecular complexity index is 851. The zero-order chi connectivity index (χ0) is 18.2. The molecule has 1 amide bonds. The van der Waals surface area contributed by atoms with Gasteiger partial charge in [0.2, 0.25) is 0 Å². The van der Waals surface area contributed by atoms with Crippen LogP contribution < -0.4 is 15.4 Å². The van der Waals surface area contributed by atoms with Crippen LogP contribution in [-0.4, -0.2) is 22.6 Å². The lowest BCUT2D eigenvalue weighted by Gasteiger charge is -2.12. The number of hydrogen-bond donors (Lipinski definition) is 2. The van der Waals surface area contributed by atoms with Crippen LogP contribution in [0.15, 0.2) is 66.7 Å². The van der Waals surface area contributed by atoms with Crippen LogP contribution in [0.5, 0.6) is 11.5 Å². The van der Waals surface area contributed by atoms with Gasteiger partial charge in [-0.3, -0.25) is 4.79 Å². The van der Waals surface area contributed by atoms with Crippen molar-refractivity contribution in [2.75, 3.05) is 17.2 Å².